The molecule has 10 heteroatoms. The number of imide groups is 1. The summed E-state index contributed by atoms with van der Waals surface area (Å²) in [6.07, 6.45) is 0. The van der Waals surface area contributed by atoms with Crippen molar-refractivity contribution in [3.8, 4) is 5.75 Å². The fourth-order valence-electron chi connectivity index (χ4n) is 2.84. The molecular weight excluding hydrogens is 332 g/mol. The van der Waals surface area contributed by atoms with Crippen LogP contribution in [0.25, 0.3) is 0 Å². The maximum absolute atomic E-state index is 12.8. The lowest BCUT2D eigenvalue weighted by molar-refractivity contribution is -0.136. The molecule has 0 radical (unpaired) electrons. The van der Waals surface area contributed by atoms with E-state index < -0.39 is 29.7 Å². The van der Waals surface area contributed by atoms with Gasteiger partial charge in [0.25, 0.3) is 5.91 Å². The summed E-state index contributed by atoms with van der Waals surface area (Å²) < 4.78 is 9.93. The van der Waals surface area contributed by atoms with E-state index in [1.165, 1.54) is 13.2 Å². The third kappa shape index (κ3) is 2.51. The molecule has 2 amide bonds. The molecule has 1 aromatic rings. The van der Waals surface area contributed by atoms with Gasteiger partial charge in [-0.3, -0.25) is 9.59 Å². The van der Waals surface area contributed by atoms with Gasteiger partial charge in [-0.1, -0.05) is 6.07 Å². The number of hydrazone groups is 1. The van der Waals surface area contributed by atoms with E-state index in [0.29, 0.717) is 10.9 Å². The van der Waals surface area contributed by atoms with Crippen LogP contribution < -0.4 is 9.64 Å². The van der Waals surface area contributed by atoms with Crippen LogP contribution >= 0.6 is 0 Å². The van der Waals surface area contributed by atoms with E-state index in [1.54, 1.807) is 25.1 Å². The number of hydrogen-bond donors (Lipinski definition) is 0. The Labute approximate surface area is 141 Å². The van der Waals surface area contributed by atoms with Gasteiger partial charge < -0.3 is 9.47 Å². The molecule has 1 aromatic carbocycles. The first-order valence-electron chi connectivity index (χ1n) is 7.43. The second-order valence-corrected chi connectivity index (χ2v) is 5.24. The van der Waals surface area contributed by atoms with E-state index >= 15 is 0 Å². The van der Waals surface area contributed by atoms with E-state index in [-0.39, 0.29) is 18.0 Å². The second kappa shape index (κ2) is 6.30. The number of ether oxygens (including phenoxy) is 2. The summed E-state index contributed by atoms with van der Waals surface area (Å²) in [5.74, 6) is -3.04. The maximum atomic E-state index is 12.8. The summed E-state index contributed by atoms with van der Waals surface area (Å²) >= 11 is 0. The first-order valence-corrected chi connectivity index (χ1v) is 7.43. The van der Waals surface area contributed by atoms with E-state index in [4.69, 9.17) is 9.47 Å². The van der Waals surface area contributed by atoms with Gasteiger partial charge in [0.1, 0.15) is 11.7 Å². The minimum Gasteiger partial charge on any atom is -0.497 e. The number of hydrogen-bond acceptors (Lipinski definition) is 8. The predicted octanol–water partition coefficient (Wildman–Crippen LogP) is 0.469. The van der Waals surface area contributed by atoms with Crippen LogP contribution in [0, 0.1) is 10.8 Å². The van der Waals surface area contributed by atoms with Crippen LogP contribution in [0.5, 0.6) is 5.75 Å². The van der Waals surface area contributed by atoms with E-state index in [2.05, 4.69) is 10.4 Å². The van der Waals surface area contributed by atoms with Crippen molar-refractivity contribution in [2.24, 2.45) is 16.3 Å². The van der Waals surface area contributed by atoms with Crippen LogP contribution in [-0.4, -0.2) is 48.4 Å². The molecule has 2 heterocycles. The summed E-state index contributed by atoms with van der Waals surface area (Å²) in [4.78, 5) is 49.4. The number of fused-ring (bicyclic) bond motifs is 1. The fraction of sp³-hybridized carbons (Fsp3) is 0.333. The Morgan fingerprint density at radius 1 is 1.32 bits per heavy atom. The number of benzene rings is 1. The smallest absolute Gasteiger partial charge is 0.355 e. The number of amides is 2. The molecule has 0 N–H and O–H groups in total. The molecule has 25 heavy (non-hydrogen) atoms. The van der Waals surface area contributed by atoms with Crippen LogP contribution in [-0.2, 0) is 19.1 Å². The van der Waals surface area contributed by atoms with E-state index in [9.17, 15) is 19.3 Å². The van der Waals surface area contributed by atoms with Crippen molar-refractivity contribution in [3.63, 3.8) is 0 Å². The lowest BCUT2D eigenvalue weighted by Crippen LogP contribution is -2.36. The highest BCUT2D eigenvalue weighted by molar-refractivity contribution is 6.46. The standard InChI is InChI=1S/C15H14N4O6/c1-3-25-15(22)11-10-12(19(16-11)17-23)14(21)18(13(10)20)8-5-4-6-9(7-8)24-2/h4-7,10,12H,3H2,1-2H3/t10-,12+/m1/s1. The molecule has 1 saturated heterocycles. The molecular formula is C15H14N4O6. The minimum absolute atomic E-state index is 0.0610. The van der Waals surface area contributed by atoms with Crippen LogP contribution in [0.1, 0.15) is 6.92 Å². The van der Waals surface area contributed by atoms with Crippen molar-refractivity contribution in [1.82, 2.24) is 5.12 Å². The zero-order valence-electron chi connectivity index (χ0n) is 13.4. The predicted molar refractivity (Wildman–Crippen MR) is 84.5 cm³/mol. The summed E-state index contributed by atoms with van der Waals surface area (Å²) in [5, 5.41) is 6.85. The highest BCUT2D eigenvalue weighted by Gasteiger charge is 2.59. The third-order valence-electron chi connectivity index (χ3n) is 3.91. The average molecular weight is 346 g/mol. The van der Waals surface area contributed by atoms with Crippen LogP contribution in [0.3, 0.4) is 0 Å². The molecule has 0 saturated carbocycles. The Morgan fingerprint density at radius 3 is 2.72 bits per heavy atom. The van der Waals surface area contributed by atoms with Crippen molar-refractivity contribution >= 4 is 29.2 Å². The number of rotatable bonds is 5. The molecule has 2 atom stereocenters. The Kier molecular flexibility index (Phi) is 4.17. The van der Waals surface area contributed by atoms with Crippen molar-refractivity contribution in [2.45, 2.75) is 13.0 Å². The van der Waals surface area contributed by atoms with Crippen molar-refractivity contribution in [1.29, 1.82) is 0 Å². The zero-order chi connectivity index (χ0) is 18.1. The van der Waals surface area contributed by atoms with Gasteiger partial charge >= 0.3 is 5.97 Å². The van der Waals surface area contributed by atoms with Gasteiger partial charge in [0.15, 0.2) is 11.8 Å². The molecule has 2 aliphatic heterocycles. The molecule has 0 aromatic heterocycles. The van der Waals surface area contributed by atoms with Crippen molar-refractivity contribution in [3.05, 3.63) is 29.2 Å². The SMILES string of the molecule is CCOC(=O)C1=NN(N=O)[C@@H]2C(=O)N(c3cccc(OC)c3)C(=O)[C@H]12. The highest BCUT2D eigenvalue weighted by Crippen LogP contribution is 2.36. The molecule has 10 nitrogen and oxygen atoms in total. The van der Waals surface area contributed by atoms with Crippen LogP contribution in [0.15, 0.2) is 34.7 Å². The van der Waals surface area contributed by atoms with Gasteiger partial charge in [-0.05, 0) is 19.1 Å². The highest BCUT2D eigenvalue weighted by atomic mass is 16.5. The van der Waals surface area contributed by atoms with Crippen molar-refractivity contribution in [2.75, 3.05) is 18.6 Å². The third-order valence-corrected chi connectivity index (χ3v) is 3.91. The molecule has 130 valence electrons. The molecule has 3 rings (SSSR count). The lowest BCUT2D eigenvalue weighted by atomic mass is 9.98. The van der Waals surface area contributed by atoms with Gasteiger partial charge in [0.2, 0.25) is 5.91 Å². The number of esters is 1. The van der Waals surface area contributed by atoms with Crippen LogP contribution in [0.2, 0.25) is 0 Å². The summed E-state index contributed by atoms with van der Waals surface area (Å²) in [7, 11) is 1.45. The largest absolute Gasteiger partial charge is 0.497 e. The van der Waals surface area contributed by atoms with Gasteiger partial charge in [0.05, 0.1) is 24.7 Å². The van der Waals surface area contributed by atoms with Gasteiger partial charge in [-0.25, -0.2) is 9.69 Å². The monoisotopic (exact) mass is 346 g/mol. The normalized spacial score (nSPS) is 21.9. The number of nitroso groups, excluding NO2 is 1. The molecule has 0 bridgehead atoms. The maximum Gasteiger partial charge on any atom is 0.355 e. The molecule has 1 fully saturated rings. The quantitative estimate of drug-likeness (QED) is 0.432. The molecule has 0 unspecified atom stereocenters. The van der Waals surface area contributed by atoms with Gasteiger partial charge in [0, 0.05) is 6.07 Å². The average Bonchev–Trinajstić information content (AvgIpc) is 3.12. The minimum atomic E-state index is -1.30. The first kappa shape index (κ1) is 16.6. The first-order chi connectivity index (χ1) is 12.0. The summed E-state index contributed by atoms with van der Waals surface area (Å²) in [5.41, 5.74) is -0.0481. The number of nitrogens with zero attached hydrogens (tertiary/aromatic N) is 4. The van der Waals surface area contributed by atoms with Crippen molar-refractivity contribution < 1.29 is 23.9 Å². The molecule has 0 aliphatic carbocycles. The Balaban J connectivity index is 2.00. The summed E-state index contributed by atoms with van der Waals surface area (Å²) in [6.45, 7) is 1.65. The molecule has 0 spiro atoms. The number of methoxy groups -OCH3 is 1. The second-order valence-electron chi connectivity index (χ2n) is 5.24. The number of anilines is 1. The topological polar surface area (TPSA) is 118 Å². The zero-order valence-corrected chi connectivity index (χ0v) is 13.4. The van der Waals surface area contributed by atoms with E-state index in [0.717, 1.165) is 4.90 Å². The number of carbonyl (C=O) groups is 3. The van der Waals surface area contributed by atoms with Crippen LogP contribution in [0.4, 0.5) is 5.69 Å². The molecule has 2 aliphatic rings. The number of carbonyl (C=O) groups excluding carboxylic acids is 3. The lowest BCUT2D eigenvalue weighted by Gasteiger charge is -2.17. The van der Waals surface area contributed by atoms with E-state index in [1.807, 2.05) is 0 Å². The Morgan fingerprint density at radius 2 is 2.08 bits per heavy atom. The Hall–Kier alpha value is -3.30. The van der Waals surface area contributed by atoms with Gasteiger partial charge in [-0.15, -0.1) is 15.1 Å². The fourth-order valence-corrected chi connectivity index (χ4v) is 2.84. The summed E-state index contributed by atoms with van der Waals surface area (Å²) in [6, 6.07) is 5.00. The Bertz CT molecular complexity index is 792. The van der Waals surface area contributed by atoms with Gasteiger partial charge in [-0.2, -0.15) is 0 Å².